The van der Waals surface area contributed by atoms with E-state index >= 15 is 0 Å². The van der Waals surface area contributed by atoms with E-state index in [4.69, 9.17) is 4.74 Å². The summed E-state index contributed by atoms with van der Waals surface area (Å²) >= 11 is 0. The summed E-state index contributed by atoms with van der Waals surface area (Å²) in [5, 5.41) is 3.31. The number of morpholine rings is 1. The van der Waals surface area contributed by atoms with Crippen LogP contribution in [-0.2, 0) is 4.74 Å². The fourth-order valence-electron chi connectivity index (χ4n) is 1.80. The van der Waals surface area contributed by atoms with Gasteiger partial charge in [0, 0.05) is 31.4 Å². The summed E-state index contributed by atoms with van der Waals surface area (Å²) in [7, 11) is 0. The molecule has 2 heterocycles. The van der Waals surface area contributed by atoms with E-state index < -0.39 is 0 Å². The number of anilines is 2. The monoisotopic (exact) mass is 236 g/mol. The van der Waals surface area contributed by atoms with Gasteiger partial charge in [-0.3, -0.25) is 0 Å². The predicted octanol–water partition coefficient (Wildman–Crippen LogP) is 1.44. The second kappa shape index (κ2) is 5.82. The molecule has 1 aromatic heterocycles. The van der Waals surface area contributed by atoms with Gasteiger partial charge < -0.3 is 15.0 Å². The number of hydrogen-bond donors (Lipinski definition) is 1. The first kappa shape index (κ1) is 12.1. The summed E-state index contributed by atoms with van der Waals surface area (Å²) in [5.41, 5.74) is 1.00. The van der Waals surface area contributed by atoms with Gasteiger partial charge in [0.05, 0.1) is 13.2 Å². The number of aryl methyl sites for hydroxylation is 1. The molecule has 0 unspecified atom stereocenters. The molecule has 5 nitrogen and oxygen atoms in total. The number of aromatic nitrogens is 2. The minimum Gasteiger partial charge on any atom is -0.378 e. The second-order valence-corrected chi connectivity index (χ2v) is 4.22. The van der Waals surface area contributed by atoms with Crippen LogP contribution in [0.4, 0.5) is 11.8 Å². The molecule has 1 aliphatic heterocycles. The maximum Gasteiger partial charge on any atom is 0.227 e. The molecule has 0 spiro atoms. The van der Waals surface area contributed by atoms with E-state index in [1.165, 1.54) is 0 Å². The standard InChI is InChI=1S/C12H20N4O/c1-3-4-13-11-9-10(2)14-12(15-11)16-5-7-17-8-6-16/h9H,3-8H2,1-2H3,(H,13,14,15). The predicted molar refractivity (Wildman–Crippen MR) is 68.6 cm³/mol. The molecule has 0 aromatic carbocycles. The molecule has 5 heteroatoms. The minimum atomic E-state index is 0.759. The van der Waals surface area contributed by atoms with Crippen LogP contribution >= 0.6 is 0 Å². The van der Waals surface area contributed by atoms with Crippen LogP contribution in [-0.4, -0.2) is 42.8 Å². The summed E-state index contributed by atoms with van der Waals surface area (Å²) in [4.78, 5) is 11.2. The van der Waals surface area contributed by atoms with Crippen LogP contribution in [0.15, 0.2) is 6.07 Å². The van der Waals surface area contributed by atoms with Crippen LogP contribution in [0.1, 0.15) is 19.0 Å². The van der Waals surface area contributed by atoms with E-state index in [0.29, 0.717) is 0 Å². The third-order valence-corrected chi connectivity index (χ3v) is 2.69. The van der Waals surface area contributed by atoms with Crippen LogP contribution in [0.3, 0.4) is 0 Å². The van der Waals surface area contributed by atoms with Crippen molar-refractivity contribution >= 4 is 11.8 Å². The van der Waals surface area contributed by atoms with Gasteiger partial charge in [-0.15, -0.1) is 0 Å². The Bertz CT molecular complexity index is 364. The fourth-order valence-corrected chi connectivity index (χ4v) is 1.80. The first-order valence-electron chi connectivity index (χ1n) is 6.22. The minimum absolute atomic E-state index is 0.759. The Kier molecular flexibility index (Phi) is 4.14. The summed E-state index contributed by atoms with van der Waals surface area (Å²) in [6, 6.07) is 1.99. The Hall–Kier alpha value is -1.36. The molecule has 2 rings (SSSR count). The number of hydrogen-bond acceptors (Lipinski definition) is 5. The Balaban J connectivity index is 2.12. The molecule has 0 bridgehead atoms. The SMILES string of the molecule is CCCNc1cc(C)nc(N2CCOCC2)n1. The van der Waals surface area contributed by atoms with Crippen molar-refractivity contribution in [2.45, 2.75) is 20.3 Å². The zero-order valence-electron chi connectivity index (χ0n) is 10.6. The van der Waals surface area contributed by atoms with Crippen LogP contribution in [0.25, 0.3) is 0 Å². The van der Waals surface area contributed by atoms with Crippen molar-refractivity contribution in [2.75, 3.05) is 43.1 Å². The van der Waals surface area contributed by atoms with Crippen LogP contribution < -0.4 is 10.2 Å². The molecular formula is C12H20N4O. The van der Waals surface area contributed by atoms with Gasteiger partial charge in [0.2, 0.25) is 5.95 Å². The van der Waals surface area contributed by atoms with Crippen LogP contribution in [0.2, 0.25) is 0 Å². The lowest BCUT2D eigenvalue weighted by molar-refractivity contribution is 0.122. The van der Waals surface area contributed by atoms with Crippen molar-refractivity contribution in [2.24, 2.45) is 0 Å². The lowest BCUT2D eigenvalue weighted by Gasteiger charge is -2.27. The lowest BCUT2D eigenvalue weighted by Crippen LogP contribution is -2.37. The number of nitrogens with zero attached hydrogens (tertiary/aromatic N) is 3. The Morgan fingerprint density at radius 1 is 1.35 bits per heavy atom. The van der Waals surface area contributed by atoms with Crippen LogP contribution in [0, 0.1) is 6.92 Å². The van der Waals surface area contributed by atoms with Gasteiger partial charge in [-0.2, -0.15) is 4.98 Å². The summed E-state index contributed by atoms with van der Waals surface area (Å²) in [5.74, 6) is 1.73. The van der Waals surface area contributed by atoms with Crippen LogP contribution in [0.5, 0.6) is 0 Å². The van der Waals surface area contributed by atoms with Crippen molar-refractivity contribution in [3.63, 3.8) is 0 Å². The van der Waals surface area contributed by atoms with Gasteiger partial charge >= 0.3 is 0 Å². The van der Waals surface area contributed by atoms with E-state index in [1.807, 2.05) is 13.0 Å². The summed E-state index contributed by atoms with van der Waals surface area (Å²) in [6.45, 7) is 8.35. The molecule has 17 heavy (non-hydrogen) atoms. The van der Waals surface area contributed by atoms with Crippen molar-refractivity contribution in [1.82, 2.24) is 9.97 Å². The quantitative estimate of drug-likeness (QED) is 0.857. The van der Waals surface area contributed by atoms with E-state index in [2.05, 4.69) is 27.1 Å². The number of rotatable bonds is 4. The van der Waals surface area contributed by atoms with E-state index in [1.54, 1.807) is 0 Å². The lowest BCUT2D eigenvalue weighted by atomic mass is 10.4. The molecule has 1 N–H and O–H groups in total. The molecular weight excluding hydrogens is 216 g/mol. The molecule has 94 valence electrons. The highest BCUT2D eigenvalue weighted by molar-refractivity contribution is 5.43. The molecule has 0 radical (unpaired) electrons. The Labute approximate surface area is 102 Å². The fraction of sp³-hybridized carbons (Fsp3) is 0.667. The molecule has 1 aliphatic rings. The highest BCUT2D eigenvalue weighted by Gasteiger charge is 2.14. The highest BCUT2D eigenvalue weighted by Crippen LogP contribution is 2.14. The molecule has 0 aliphatic carbocycles. The molecule has 1 fully saturated rings. The molecule has 1 saturated heterocycles. The topological polar surface area (TPSA) is 50.3 Å². The third-order valence-electron chi connectivity index (χ3n) is 2.69. The molecule has 0 saturated carbocycles. The second-order valence-electron chi connectivity index (χ2n) is 4.22. The first-order valence-corrected chi connectivity index (χ1v) is 6.22. The van der Waals surface area contributed by atoms with Crippen molar-refractivity contribution < 1.29 is 4.74 Å². The van der Waals surface area contributed by atoms with Gasteiger partial charge in [0.1, 0.15) is 5.82 Å². The smallest absolute Gasteiger partial charge is 0.227 e. The molecule has 0 atom stereocenters. The van der Waals surface area contributed by atoms with E-state index in [-0.39, 0.29) is 0 Å². The molecule has 1 aromatic rings. The van der Waals surface area contributed by atoms with Crippen molar-refractivity contribution in [3.05, 3.63) is 11.8 Å². The largest absolute Gasteiger partial charge is 0.378 e. The van der Waals surface area contributed by atoms with E-state index in [0.717, 1.165) is 56.7 Å². The van der Waals surface area contributed by atoms with Gasteiger partial charge in [-0.1, -0.05) is 6.92 Å². The van der Waals surface area contributed by atoms with Crippen molar-refractivity contribution in [1.29, 1.82) is 0 Å². The zero-order valence-corrected chi connectivity index (χ0v) is 10.6. The van der Waals surface area contributed by atoms with Gasteiger partial charge in [-0.05, 0) is 13.3 Å². The maximum atomic E-state index is 5.33. The normalized spacial score (nSPS) is 16.0. The maximum absolute atomic E-state index is 5.33. The van der Waals surface area contributed by atoms with Gasteiger partial charge in [-0.25, -0.2) is 4.98 Å². The Morgan fingerprint density at radius 2 is 2.12 bits per heavy atom. The van der Waals surface area contributed by atoms with E-state index in [9.17, 15) is 0 Å². The summed E-state index contributed by atoms with van der Waals surface area (Å²) in [6.07, 6.45) is 1.09. The Morgan fingerprint density at radius 3 is 2.82 bits per heavy atom. The highest BCUT2D eigenvalue weighted by atomic mass is 16.5. The average molecular weight is 236 g/mol. The van der Waals surface area contributed by atoms with Gasteiger partial charge in [0.25, 0.3) is 0 Å². The first-order chi connectivity index (χ1) is 8.29. The summed E-state index contributed by atoms with van der Waals surface area (Å²) < 4.78 is 5.33. The van der Waals surface area contributed by atoms with Gasteiger partial charge in [0.15, 0.2) is 0 Å². The average Bonchev–Trinajstić information content (AvgIpc) is 2.37. The zero-order chi connectivity index (χ0) is 12.1. The number of ether oxygens (including phenoxy) is 1. The third kappa shape index (κ3) is 3.30. The number of nitrogens with one attached hydrogen (secondary N) is 1. The molecule has 0 amide bonds. The van der Waals surface area contributed by atoms with Crippen molar-refractivity contribution in [3.8, 4) is 0 Å².